The number of aromatic nitrogens is 5. The van der Waals surface area contributed by atoms with E-state index in [2.05, 4.69) is 166 Å². The number of hydrogen-bond acceptors (Lipinski definition) is 3. The lowest BCUT2D eigenvalue weighted by molar-refractivity contribution is 0.497. The Kier molecular flexibility index (Phi) is 6.20. The quantitative estimate of drug-likeness (QED) is 0.203. The van der Waals surface area contributed by atoms with Crippen molar-refractivity contribution in [1.82, 2.24) is 24.1 Å². The molecule has 3 aromatic heterocycles. The van der Waals surface area contributed by atoms with E-state index in [1.165, 1.54) is 21.5 Å². The zero-order chi connectivity index (χ0) is 31.8. The molecule has 0 aliphatic rings. The second-order valence-electron chi connectivity index (χ2n) is 14.2. The van der Waals surface area contributed by atoms with Gasteiger partial charge in [-0.25, -0.2) is 15.0 Å². The van der Waals surface area contributed by atoms with Gasteiger partial charge in [-0.3, -0.25) is 0 Å². The third-order valence-corrected chi connectivity index (χ3v) is 8.86. The topological polar surface area (TPSA) is 48.5 Å². The van der Waals surface area contributed by atoms with Crippen molar-refractivity contribution in [1.29, 1.82) is 0 Å². The van der Waals surface area contributed by atoms with Crippen LogP contribution >= 0.6 is 0 Å². The van der Waals surface area contributed by atoms with E-state index in [0.717, 1.165) is 50.7 Å². The lowest BCUT2D eigenvalue weighted by atomic mass is 9.93. The summed E-state index contributed by atoms with van der Waals surface area (Å²) in [5, 5.41) is 4.87. The number of nitrogens with zero attached hydrogens (tertiary/aromatic N) is 5. The van der Waals surface area contributed by atoms with E-state index in [9.17, 15) is 0 Å². The molecule has 0 saturated heterocycles. The summed E-state index contributed by atoms with van der Waals surface area (Å²) in [6, 6.07) is 41.3. The summed E-state index contributed by atoms with van der Waals surface area (Å²) < 4.78 is 4.82. The number of fused-ring (bicyclic) bond motifs is 6. The standard InChI is InChI=1S/C41H37N5/c1-40(2,3)38-42-37(43-39(44-38)41(4,5)6)30-20-15-25-35(45-31-21-11-7-16-26(31)27-17-8-12-22-32(27)45)36(30)46-33-23-13-9-18-28(33)29-19-10-14-24-34(29)46/h7-25H,1-6H3. The van der Waals surface area contributed by atoms with Crippen molar-refractivity contribution in [2.45, 2.75) is 52.4 Å². The van der Waals surface area contributed by atoms with Crippen molar-refractivity contribution in [3.8, 4) is 22.8 Å². The van der Waals surface area contributed by atoms with Crippen LogP contribution in [0.1, 0.15) is 53.2 Å². The van der Waals surface area contributed by atoms with Gasteiger partial charge in [0, 0.05) is 37.9 Å². The molecule has 0 atom stereocenters. The van der Waals surface area contributed by atoms with Gasteiger partial charge in [0.1, 0.15) is 11.6 Å². The van der Waals surface area contributed by atoms with E-state index in [1.807, 2.05) is 0 Å². The minimum absolute atomic E-state index is 0.255. The Morgan fingerprint density at radius 2 is 0.804 bits per heavy atom. The van der Waals surface area contributed by atoms with Gasteiger partial charge in [0.05, 0.1) is 33.4 Å². The monoisotopic (exact) mass is 599 g/mol. The molecular weight excluding hydrogens is 562 g/mol. The van der Waals surface area contributed by atoms with Gasteiger partial charge in [-0.05, 0) is 36.4 Å². The van der Waals surface area contributed by atoms with Crippen molar-refractivity contribution in [3.05, 3.63) is 127 Å². The lowest BCUT2D eigenvalue weighted by Gasteiger charge is -2.24. The summed E-state index contributed by atoms with van der Waals surface area (Å²) in [5.41, 5.74) is 7.15. The highest BCUT2D eigenvalue weighted by atomic mass is 15.1. The zero-order valence-electron chi connectivity index (χ0n) is 27.2. The molecule has 8 aromatic rings. The number of rotatable bonds is 3. The summed E-state index contributed by atoms with van der Waals surface area (Å²) in [6.07, 6.45) is 0. The van der Waals surface area contributed by atoms with Gasteiger partial charge in [0.2, 0.25) is 0 Å². The van der Waals surface area contributed by atoms with E-state index in [4.69, 9.17) is 15.0 Å². The highest BCUT2D eigenvalue weighted by Crippen LogP contribution is 2.41. The van der Waals surface area contributed by atoms with Crippen LogP contribution in [-0.4, -0.2) is 24.1 Å². The summed E-state index contributed by atoms with van der Waals surface area (Å²) in [6.45, 7) is 13.0. The number of benzene rings is 5. The molecule has 0 radical (unpaired) electrons. The molecule has 5 aromatic carbocycles. The first-order valence-corrected chi connectivity index (χ1v) is 16.0. The number of para-hydroxylation sites is 5. The predicted octanol–water partition coefficient (Wildman–Crippen LogP) is 10.3. The smallest absolute Gasteiger partial charge is 0.165 e. The molecule has 8 rings (SSSR count). The molecular formula is C41H37N5. The van der Waals surface area contributed by atoms with E-state index < -0.39 is 0 Å². The largest absolute Gasteiger partial charge is 0.307 e. The maximum atomic E-state index is 5.22. The predicted molar refractivity (Wildman–Crippen MR) is 191 cm³/mol. The van der Waals surface area contributed by atoms with Crippen LogP contribution in [0.2, 0.25) is 0 Å². The van der Waals surface area contributed by atoms with Crippen molar-refractivity contribution in [2.75, 3.05) is 0 Å². The molecule has 0 aliphatic heterocycles. The number of hydrogen-bond donors (Lipinski definition) is 0. The zero-order valence-corrected chi connectivity index (χ0v) is 27.2. The van der Waals surface area contributed by atoms with Crippen LogP contribution in [0.15, 0.2) is 115 Å². The Morgan fingerprint density at radius 3 is 1.22 bits per heavy atom. The SMILES string of the molecule is CC(C)(C)c1nc(-c2cccc(-n3c4ccccc4c4ccccc43)c2-n2c3ccccc3c3ccccc32)nc(C(C)(C)C)n1. The molecule has 5 heteroatoms. The van der Waals surface area contributed by atoms with Crippen LogP contribution in [0.4, 0.5) is 0 Å². The van der Waals surface area contributed by atoms with Crippen LogP contribution in [0, 0.1) is 0 Å². The maximum Gasteiger partial charge on any atom is 0.165 e. The summed E-state index contributed by atoms with van der Waals surface area (Å²) in [4.78, 5) is 15.5. The van der Waals surface area contributed by atoms with Gasteiger partial charge in [0.25, 0.3) is 0 Å². The van der Waals surface area contributed by atoms with Crippen molar-refractivity contribution < 1.29 is 0 Å². The Bertz CT molecular complexity index is 2310. The molecule has 0 aliphatic carbocycles. The van der Waals surface area contributed by atoms with E-state index in [0.29, 0.717) is 5.82 Å². The van der Waals surface area contributed by atoms with Gasteiger partial charge >= 0.3 is 0 Å². The molecule has 0 bridgehead atoms. The first kappa shape index (κ1) is 28.2. The molecule has 0 fully saturated rings. The molecule has 5 nitrogen and oxygen atoms in total. The average Bonchev–Trinajstić information content (AvgIpc) is 3.56. The normalized spacial score (nSPS) is 12.6. The molecule has 0 unspecified atom stereocenters. The molecule has 0 amide bonds. The van der Waals surface area contributed by atoms with Crippen LogP contribution in [0.5, 0.6) is 0 Å². The fourth-order valence-electron chi connectivity index (χ4n) is 6.64. The second-order valence-corrected chi connectivity index (χ2v) is 14.2. The summed E-state index contributed by atoms with van der Waals surface area (Å²) in [5.74, 6) is 2.26. The second kappa shape index (κ2) is 10.1. The van der Waals surface area contributed by atoms with E-state index >= 15 is 0 Å². The van der Waals surface area contributed by atoms with Crippen LogP contribution < -0.4 is 0 Å². The summed E-state index contributed by atoms with van der Waals surface area (Å²) in [7, 11) is 0. The van der Waals surface area contributed by atoms with Gasteiger partial charge in [0.15, 0.2) is 5.82 Å². The lowest BCUT2D eigenvalue weighted by Crippen LogP contribution is -2.24. The van der Waals surface area contributed by atoms with Crippen molar-refractivity contribution in [3.63, 3.8) is 0 Å². The third kappa shape index (κ3) is 4.33. The van der Waals surface area contributed by atoms with E-state index in [1.54, 1.807) is 0 Å². The van der Waals surface area contributed by atoms with Crippen LogP contribution in [-0.2, 0) is 10.8 Å². The Hall–Kier alpha value is -5.29. The minimum Gasteiger partial charge on any atom is -0.307 e. The molecule has 0 N–H and O–H groups in total. The fraction of sp³-hybridized carbons (Fsp3) is 0.195. The highest BCUT2D eigenvalue weighted by molar-refractivity contribution is 6.12. The molecule has 226 valence electrons. The molecule has 46 heavy (non-hydrogen) atoms. The Labute approximate surface area is 269 Å². The molecule has 3 heterocycles. The van der Waals surface area contributed by atoms with Gasteiger partial charge in [-0.2, -0.15) is 0 Å². The maximum absolute atomic E-state index is 5.22. The van der Waals surface area contributed by atoms with Crippen molar-refractivity contribution >= 4 is 43.6 Å². The first-order chi connectivity index (χ1) is 22.1. The fourth-order valence-corrected chi connectivity index (χ4v) is 6.64. The highest BCUT2D eigenvalue weighted by Gasteiger charge is 2.28. The van der Waals surface area contributed by atoms with Crippen LogP contribution in [0.25, 0.3) is 66.4 Å². The van der Waals surface area contributed by atoms with Gasteiger partial charge in [-0.1, -0.05) is 120 Å². The van der Waals surface area contributed by atoms with Gasteiger partial charge < -0.3 is 9.13 Å². The Balaban J connectivity index is 1.58. The first-order valence-electron chi connectivity index (χ1n) is 16.0. The van der Waals surface area contributed by atoms with E-state index in [-0.39, 0.29) is 10.8 Å². The average molecular weight is 600 g/mol. The third-order valence-electron chi connectivity index (χ3n) is 8.86. The van der Waals surface area contributed by atoms with Crippen LogP contribution in [0.3, 0.4) is 0 Å². The summed E-state index contributed by atoms with van der Waals surface area (Å²) >= 11 is 0. The minimum atomic E-state index is -0.255. The Morgan fingerprint density at radius 1 is 0.413 bits per heavy atom. The molecule has 0 saturated carbocycles. The van der Waals surface area contributed by atoms with Gasteiger partial charge in [-0.15, -0.1) is 0 Å². The van der Waals surface area contributed by atoms with Crippen molar-refractivity contribution in [2.24, 2.45) is 0 Å². The molecule has 0 spiro atoms.